The Kier molecular flexibility index (Phi) is 5.52. The van der Waals surface area contributed by atoms with Crippen molar-refractivity contribution in [3.8, 4) is 0 Å². The summed E-state index contributed by atoms with van der Waals surface area (Å²) >= 11 is 8.15. The van der Waals surface area contributed by atoms with Gasteiger partial charge in [-0.25, -0.2) is 9.97 Å². The molecule has 0 aliphatic heterocycles. The van der Waals surface area contributed by atoms with Crippen LogP contribution in [-0.2, 0) is 6.42 Å². The van der Waals surface area contributed by atoms with Crippen LogP contribution in [-0.4, -0.2) is 15.2 Å². The molecule has 4 heteroatoms. The summed E-state index contributed by atoms with van der Waals surface area (Å²) in [7, 11) is 0. The first-order valence-electron chi connectivity index (χ1n) is 7.29. The lowest BCUT2D eigenvalue weighted by Gasteiger charge is -2.26. The minimum Gasteiger partial charge on any atom is -0.226 e. The van der Waals surface area contributed by atoms with Crippen LogP contribution in [0.3, 0.4) is 0 Å². The zero-order valence-corrected chi connectivity index (χ0v) is 13.7. The van der Waals surface area contributed by atoms with Gasteiger partial charge in [-0.1, -0.05) is 38.3 Å². The molecule has 2 rings (SSSR count). The molecule has 1 fully saturated rings. The molecule has 1 saturated carbocycles. The van der Waals surface area contributed by atoms with Crippen molar-refractivity contribution in [3.63, 3.8) is 0 Å². The van der Waals surface area contributed by atoms with E-state index < -0.39 is 0 Å². The van der Waals surface area contributed by atoms with Gasteiger partial charge in [0.25, 0.3) is 0 Å². The first kappa shape index (κ1) is 15.1. The van der Waals surface area contributed by atoms with Gasteiger partial charge >= 0.3 is 0 Å². The van der Waals surface area contributed by atoms with Gasteiger partial charge in [-0.2, -0.15) is 0 Å². The maximum Gasteiger partial charge on any atom is 0.136 e. The van der Waals surface area contributed by atoms with Crippen LogP contribution in [0.15, 0.2) is 5.03 Å². The predicted molar refractivity (Wildman–Crippen MR) is 83.1 cm³/mol. The SMILES string of the molecule is CCCc1nc(Cl)c(C)c(SC2CCCC(C)C2)n1. The smallest absolute Gasteiger partial charge is 0.136 e. The first-order chi connectivity index (χ1) is 9.10. The third-order valence-electron chi connectivity index (χ3n) is 3.73. The molecule has 0 radical (unpaired) electrons. The minimum absolute atomic E-state index is 0.629. The van der Waals surface area contributed by atoms with Gasteiger partial charge < -0.3 is 0 Å². The summed E-state index contributed by atoms with van der Waals surface area (Å²) in [5.74, 6) is 1.74. The molecule has 2 atom stereocenters. The number of halogens is 1. The Labute approximate surface area is 125 Å². The lowest BCUT2D eigenvalue weighted by Crippen LogP contribution is -2.15. The monoisotopic (exact) mass is 298 g/mol. The zero-order chi connectivity index (χ0) is 13.8. The standard InChI is InChI=1S/C15H23ClN2S/c1-4-6-13-17-14(16)11(3)15(18-13)19-12-8-5-7-10(2)9-12/h10,12H,4-9H2,1-3H3. The summed E-state index contributed by atoms with van der Waals surface area (Å²) in [6, 6.07) is 0. The van der Waals surface area contributed by atoms with Crippen LogP contribution in [0.4, 0.5) is 0 Å². The molecule has 1 aliphatic rings. The van der Waals surface area contributed by atoms with Crippen LogP contribution in [0, 0.1) is 12.8 Å². The maximum atomic E-state index is 6.24. The summed E-state index contributed by atoms with van der Waals surface area (Å²) in [6.45, 7) is 6.54. The van der Waals surface area contributed by atoms with Gasteiger partial charge in [0.15, 0.2) is 0 Å². The number of aromatic nitrogens is 2. The molecular weight excluding hydrogens is 276 g/mol. The average molecular weight is 299 g/mol. The highest BCUT2D eigenvalue weighted by molar-refractivity contribution is 7.99. The molecule has 0 spiro atoms. The summed E-state index contributed by atoms with van der Waals surface area (Å²) < 4.78 is 0. The van der Waals surface area contributed by atoms with E-state index in [1.807, 2.05) is 18.7 Å². The highest BCUT2D eigenvalue weighted by Gasteiger charge is 2.22. The van der Waals surface area contributed by atoms with Crippen molar-refractivity contribution in [1.82, 2.24) is 9.97 Å². The van der Waals surface area contributed by atoms with E-state index in [2.05, 4.69) is 18.8 Å². The minimum atomic E-state index is 0.629. The van der Waals surface area contributed by atoms with Crippen LogP contribution in [0.2, 0.25) is 5.15 Å². The van der Waals surface area contributed by atoms with Crippen LogP contribution >= 0.6 is 23.4 Å². The quantitative estimate of drug-likeness (QED) is 0.726. The third kappa shape index (κ3) is 4.09. The topological polar surface area (TPSA) is 25.8 Å². The Morgan fingerprint density at radius 2 is 2.11 bits per heavy atom. The van der Waals surface area contributed by atoms with E-state index in [1.54, 1.807) is 0 Å². The van der Waals surface area contributed by atoms with Crippen molar-refractivity contribution >= 4 is 23.4 Å². The molecule has 106 valence electrons. The highest BCUT2D eigenvalue weighted by atomic mass is 35.5. The van der Waals surface area contributed by atoms with E-state index in [0.717, 1.165) is 35.2 Å². The average Bonchev–Trinajstić information content (AvgIpc) is 2.36. The van der Waals surface area contributed by atoms with Gasteiger partial charge in [-0.15, -0.1) is 11.8 Å². The number of nitrogens with zero attached hydrogens (tertiary/aromatic N) is 2. The molecule has 19 heavy (non-hydrogen) atoms. The van der Waals surface area contributed by atoms with Gasteiger partial charge in [0.1, 0.15) is 16.0 Å². The van der Waals surface area contributed by atoms with E-state index in [-0.39, 0.29) is 0 Å². The van der Waals surface area contributed by atoms with Crippen LogP contribution in [0.1, 0.15) is 57.3 Å². The van der Waals surface area contributed by atoms with Crippen molar-refractivity contribution in [2.45, 2.75) is 69.6 Å². The summed E-state index contributed by atoms with van der Waals surface area (Å²) in [5.41, 5.74) is 1.05. The van der Waals surface area contributed by atoms with Gasteiger partial charge in [-0.05, 0) is 32.1 Å². The number of rotatable bonds is 4. The molecule has 1 aromatic rings. The Balaban J connectivity index is 2.14. The Morgan fingerprint density at radius 3 is 2.79 bits per heavy atom. The zero-order valence-electron chi connectivity index (χ0n) is 12.1. The van der Waals surface area contributed by atoms with Crippen molar-refractivity contribution in [2.75, 3.05) is 0 Å². The highest BCUT2D eigenvalue weighted by Crippen LogP contribution is 2.37. The molecule has 2 nitrogen and oxygen atoms in total. The number of hydrogen-bond acceptors (Lipinski definition) is 3. The van der Waals surface area contributed by atoms with Crippen molar-refractivity contribution in [1.29, 1.82) is 0 Å². The van der Waals surface area contributed by atoms with Gasteiger partial charge in [0.2, 0.25) is 0 Å². The molecule has 0 amide bonds. The number of hydrogen-bond donors (Lipinski definition) is 0. The molecule has 0 aromatic carbocycles. The largest absolute Gasteiger partial charge is 0.226 e. The van der Waals surface area contributed by atoms with Crippen LogP contribution in [0.5, 0.6) is 0 Å². The lowest BCUT2D eigenvalue weighted by molar-refractivity contribution is 0.394. The Bertz CT molecular complexity index is 436. The molecule has 0 N–H and O–H groups in total. The number of thioether (sulfide) groups is 1. The third-order valence-corrected chi connectivity index (χ3v) is 5.48. The second-order valence-electron chi connectivity index (χ2n) is 5.62. The lowest BCUT2D eigenvalue weighted by atomic mass is 9.91. The van der Waals surface area contributed by atoms with Gasteiger partial charge in [0, 0.05) is 17.2 Å². The predicted octanol–water partition coefficient (Wildman–Crippen LogP) is 5.06. The van der Waals surface area contributed by atoms with E-state index in [1.165, 1.54) is 25.7 Å². The molecule has 2 unspecified atom stereocenters. The summed E-state index contributed by atoms with van der Waals surface area (Å²) in [6.07, 6.45) is 7.30. The van der Waals surface area contributed by atoms with Gasteiger partial charge in [-0.3, -0.25) is 0 Å². The Morgan fingerprint density at radius 1 is 1.32 bits per heavy atom. The van der Waals surface area contributed by atoms with Crippen LogP contribution in [0.25, 0.3) is 0 Å². The number of aryl methyl sites for hydroxylation is 1. The fourth-order valence-corrected chi connectivity index (χ4v) is 4.30. The molecular formula is C15H23ClN2S. The molecule has 1 aliphatic carbocycles. The van der Waals surface area contributed by atoms with E-state index in [4.69, 9.17) is 16.6 Å². The molecule has 0 saturated heterocycles. The normalized spacial score (nSPS) is 23.6. The maximum absolute atomic E-state index is 6.24. The molecule has 1 heterocycles. The van der Waals surface area contributed by atoms with Gasteiger partial charge in [0.05, 0.1) is 0 Å². The second kappa shape index (κ2) is 6.94. The summed E-state index contributed by atoms with van der Waals surface area (Å²) in [4.78, 5) is 9.08. The summed E-state index contributed by atoms with van der Waals surface area (Å²) in [5, 5.41) is 2.43. The fourth-order valence-electron chi connectivity index (χ4n) is 2.60. The van der Waals surface area contributed by atoms with Crippen molar-refractivity contribution < 1.29 is 0 Å². The Hall–Kier alpha value is -0.280. The fraction of sp³-hybridized carbons (Fsp3) is 0.733. The van der Waals surface area contributed by atoms with E-state index in [9.17, 15) is 0 Å². The molecule has 0 bridgehead atoms. The second-order valence-corrected chi connectivity index (χ2v) is 7.27. The first-order valence-corrected chi connectivity index (χ1v) is 8.55. The van der Waals surface area contributed by atoms with E-state index >= 15 is 0 Å². The van der Waals surface area contributed by atoms with Crippen LogP contribution < -0.4 is 0 Å². The van der Waals surface area contributed by atoms with Crippen molar-refractivity contribution in [3.05, 3.63) is 16.5 Å². The van der Waals surface area contributed by atoms with E-state index in [0.29, 0.717) is 10.4 Å². The van der Waals surface area contributed by atoms with Crippen molar-refractivity contribution in [2.24, 2.45) is 5.92 Å². The molecule has 1 aromatic heterocycles.